The average Bonchev–Trinajstić information content (AvgIpc) is 3.25. The quantitative estimate of drug-likeness (QED) is 0.493. The fourth-order valence-corrected chi connectivity index (χ4v) is 5.73. The second kappa shape index (κ2) is 9.82. The van der Waals surface area contributed by atoms with Gasteiger partial charge in [-0.15, -0.1) is 0 Å². The van der Waals surface area contributed by atoms with Crippen molar-refractivity contribution in [2.45, 2.75) is 22.8 Å². The van der Waals surface area contributed by atoms with E-state index in [1.165, 1.54) is 0 Å². The van der Waals surface area contributed by atoms with E-state index in [0.29, 0.717) is 18.1 Å². The second-order valence-electron chi connectivity index (χ2n) is 7.73. The Hall–Kier alpha value is -3.07. The summed E-state index contributed by atoms with van der Waals surface area (Å²) < 4.78 is 43.3. The van der Waals surface area contributed by atoms with Gasteiger partial charge in [-0.25, -0.2) is 8.42 Å². The van der Waals surface area contributed by atoms with Gasteiger partial charge in [0.05, 0.1) is 31.8 Å². The van der Waals surface area contributed by atoms with Crippen LogP contribution in [-0.4, -0.2) is 46.6 Å². The minimum Gasteiger partial charge on any atom is -0.497 e. The van der Waals surface area contributed by atoms with Crippen LogP contribution in [0, 0.1) is 0 Å². The molecular formula is C25H27NO6S. The predicted molar refractivity (Wildman–Crippen MR) is 124 cm³/mol. The van der Waals surface area contributed by atoms with Crippen molar-refractivity contribution in [2.75, 3.05) is 27.9 Å². The van der Waals surface area contributed by atoms with Crippen molar-refractivity contribution in [1.82, 2.24) is 5.06 Å². The Morgan fingerprint density at radius 2 is 1.67 bits per heavy atom. The molecule has 0 aliphatic carbocycles. The number of hydrogen-bond acceptors (Lipinski definition) is 7. The maximum atomic E-state index is 13.3. The minimum absolute atomic E-state index is 0.0798. The zero-order valence-corrected chi connectivity index (χ0v) is 19.6. The maximum absolute atomic E-state index is 13.3. The lowest BCUT2D eigenvalue weighted by molar-refractivity contribution is -0.110. The topological polar surface area (TPSA) is 74.3 Å². The third kappa shape index (κ3) is 4.83. The van der Waals surface area contributed by atoms with Crippen LogP contribution in [0.2, 0.25) is 0 Å². The third-order valence-corrected chi connectivity index (χ3v) is 7.86. The van der Waals surface area contributed by atoms with E-state index in [1.807, 2.05) is 36.4 Å². The molecule has 1 aliphatic rings. The first-order valence-corrected chi connectivity index (χ1v) is 12.1. The van der Waals surface area contributed by atoms with Crippen molar-refractivity contribution < 1.29 is 27.5 Å². The number of methoxy groups -OCH3 is 2. The molecule has 4 rings (SSSR count). The van der Waals surface area contributed by atoms with Crippen molar-refractivity contribution >= 4 is 9.84 Å². The molecule has 1 saturated heterocycles. The highest BCUT2D eigenvalue weighted by Gasteiger charge is 2.44. The molecule has 0 saturated carbocycles. The summed E-state index contributed by atoms with van der Waals surface area (Å²) in [6.07, 6.45) is 0. The van der Waals surface area contributed by atoms with Gasteiger partial charge in [-0.05, 0) is 47.5 Å². The number of hydroxylamine groups is 2. The molecule has 0 radical (unpaired) electrons. The smallest absolute Gasteiger partial charge is 0.185 e. The van der Waals surface area contributed by atoms with Gasteiger partial charge in [-0.1, -0.05) is 36.4 Å². The van der Waals surface area contributed by atoms with Gasteiger partial charge in [0.15, 0.2) is 21.3 Å². The minimum atomic E-state index is -3.60. The van der Waals surface area contributed by atoms with Crippen molar-refractivity contribution in [3.05, 3.63) is 83.9 Å². The Morgan fingerprint density at radius 3 is 2.33 bits per heavy atom. The van der Waals surface area contributed by atoms with E-state index in [1.54, 1.807) is 62.7 Å². The Bertz CT molecular complexity index is 1180. The standard InChI is InChI=1S/C25H27NO6S/c1-26-25(24(17-32-26)33(27,28)21-7-5-4-6-8-21)19-11-14-22(23(15-19)30-3)31-16-18-9-12-20(29-2)13-10-18/h4-15,24-25H,16-17H2,1-3H3/t24-,25+/m1/s1. The molecule has 7 nitrogen and oxygen atoms in total. The molecule has 174 valence electrons. The van der Waals surface area contributed by atoms with Crippen LogP contribution in [0.15, 0.2) is 77.7 Å². The molecule has 0 bridgehead atoms. The number of nitrogens with zero attached hydrogens (tertiary/aromatic N) is 1. The molecule has 3 aromatic rings. The molecule has 1 heterocycles. The van der Waals surface area contributed by atoms with Crippen LogP contribution in [0.3, 0.4) is 0 Å². The van der Waals surface area contributed by atoms with Gasteiger partial charge in [0.2, 0.25) is 0 Å². The highest BCUT2D eigenvalue weighted by molar-refractivity contribution is 7.92. The zero-order valence-electron chi connectivity index (χ0n) is 18.8. The summed E-state index contributed by atoms with van der Waals surface area (Å²) in [6, 6.07) is 21.1. The van der Waals surface area contributed by atoms with E-state index in [-0.39, 0.29) is 11.5 Å². The highest BCUT2D eigenvalue weighted by Crippen LogP contribution is 2.39. The average molecular weight is 470 g/mol. The lowest BCUT2D eigenvalue weighted by Gasteiger charge is -2.24. The van der Waals surface area contributed by atoms with Gasteiger partial charge >= 0.3 is 0 Å². The third-order valence-electron chi connectivity index (χ3n) is 5.74. The SMILES string of the molecule is COc1ccc(COc2ccc([C@H]3[C@H](S(=O)(=O)c4ccccc4)CON3C)cc2OC)cc1. The van der Waals surface area contributed by atoms with Crippen LogP contribution < -0.4 is 14.2 Å². The van der Waals surface area contributed by atoms with Gasteiger partial charge in [0.25, 0.3) is 0 Å². The van der Waals surface area contributed by atoms with Crippen LogP contribution in [0.4, 0.5) is 0 Å². The van der Waals surface area contributed by atoms with Gasteiger partial charge in [0, 0.05) is 7.05 Å². The number of benzene rings is 3. The van der Waals surface area contributed by atoms with Gasteiger partial charge in [-0.3, -0.25) is 4.84 Å². The fraction of sp³-hybridized carbons (Fsp3) is 0.280. The first-order chi connectivity index (χ1) is 15.9. The predicted octanol–water partition coefficient (Wildman–Crippen LogP) is 4.04. The molecule has 1 fully saturated rings. The van der Waals surface area contributed by atoms with E-state index in [9.17, 15) is 8.42 Å². The summed E-state index contributed by atoms with van der Waals surface area (Å²) in [5.41, 5.74) is 1.76. The Morgan fingerprint density at radius 1 is 0.939 bits per heavy atom. The first-order valence-electron chi connectivity index (χ1n) is 10.5. The highest BCUT2D eigenvalue weighted by atomic mass is 32.2. The van der Waals surface area contributed by atoms with Crippen LogP contribution in [0.25, 0.3) is 0 Å². The monoisotopic (exact) mass is 469 g/mol. The number of hydrogen-bond donors (Lipinski definition) is 0. The molecule has 2 atom stereocenters. The maximum Gasteiger partial charge on any atom is 0.185 e. The van der Waals surface area contributed by atoms with E-state index >= 15 is 0 Å². The van der Waals surface area contributed by atoms with E-state index in [0.717, 1.165) is 16.9 Å². The molecular weight excluding hydrogens is 442 g/mol. The molecule has 1 aliphatic heterocycles. The molecule has 0 N–H and O–H groups in total. The molecule has 8 heteroatoms. The van der Waals surface area contributed by atoms with Crippen molar-refractivity contribution in [2.24, 2.45) is 0 Å². The van der Waals surface area contributed by atoms with E-state index in [4.69, 9.17) is 19.0 Å². The number of rotatable bonds is 8. The second-order valence-corrected chi connectivity index (χ2v) is 9.90. The van der Waals surface area contributed by atoms with Gasteiger partial charge < -0.3 is 14.2 Å². The lowest BCUT2D eigenvalue weighted by atomic mass is 10.0. The number of ether oxygens (including phenoxy) is 3. The van der Waals surface area contributed by atoms with Crippen molar-refractivity contribution in [3.8, 4) is 17.2 Å². The Kier molecular flexibility index (Phi) is 6.88. The molecule has 3 aromatic carbocycles. The number of sulfone groups is 1. The van der Waals surface area contributed by atoms with Crippen molar-refractivity contribution in [1.29, 1.82) is 0 Å². The van der Waals surface area contributed by atoms with Crippen LogP contribution in [0.1, 0.15) is 17.2 Å². The summed E-state index contributed by atoms with van der Waals surface area (Å²) in [6.45, 7) is 0.438. The van der Waals surface area contributed by atoms with Crippen LogP contribution >= 0.6 is 0 Å². The lowest BCUT2D eigenvalue weighted by Crippen LogP contribution is -2.31. The fourth-order valence-electron chi connectivity index (χ4n) is 3.94. The van der Waals surface area contributed by atoms with Gasteiger partial charge in [-0.2, -0.15) is 5.06 Å². The Labute approximate surface area is 194 Å². The van der Waals surface area contributed by atoms with E-state index < -0.39 is 21.1 Å². The zero-order chi connectivity index (χ0) is 23.4. The molecule has 33 heavy (non-hydrogen) atoms. The summed E-state index contributed by atoms with van der Waals surface area (Å²) in [5.74, 6) is 1.88. The summed E-state index contributed by atoms with van der Waals surface area (Å²) in [7, 11) is 1.33. The van der Waals surface area contributed by atoms with Crippen molar-refractivity contribution in [3.63, 3.8) is 0 Å². The molecule has 0 amide bonds. The molecule has 0 spiro atoms. The molecule has 0 aromatic heterocycles. The summed E-state index contributed by atoms with van der Waals surface area (Å²) in [5, 5.41) is 0.846. The van der Waals surface area contributed by atoms with Gasteiger partial charge in [0.1, 0.15) is 17.6 Å². The Balaban J connectivity index is 1.57. The summed E-state index contributed by atoms with van der Waals surface area (Å²) in [4.78, 5) is 5.92. The molecule has 0 unspecified atom stereocenters. The van der Waals surface area contributed by atoms with E-state index in [2.05, 4.69) is 0 Å². The van der Waals surface area contributed by atoms with Crippen LogP contribution in [0.5, 0.6) is 17.2 Å². The first kappa shape index (κ1) is 23.1. The van der Waals surface area contributed by atoms with Crippen LogP contribution in [-0.2, 0) is 21.3 Å². The largest absolute Gasteiger partial charge is 0.497 e. The normalized spacial score (nSPS) is 18.8. The summed E-state index contributed by atoms with van der Waals surface area (Å²) >= 11 is 0.